The summed E-state index contributed by atoms with van der Waals surface area (Å²) in [6.07, 6.45) is 6.33. The maximum Gasteiger partial charge on any atom is 0.419 e. The lowest BCUT2D eigenvalue weighted by molar-refractivity contribution is -0.142. The fraction of sp³-hybridized carbons (Fsp3) is 0.600. The van der Waals surface area contributed by atoms with E-state index in [9.17, 15) is 27.6 Å². The van der Waals surface area contributed by atoms with Gasteiger partial charge in [-0.3, -0.25) is 14.3 Å². The molecule has 44 heavy (non-hydrogen) atoms. The van der Waals surface area contributed by atoms with Gasteiger partial charge in [-0.15, -0.1) is 0 Å². The van der Waals surface area contributed by atoms with Crippen molar-refractivity contribution in [3.8, 4) is 5.75 Å². The number of hydrogen-bond acceptors (Lipinski definition) is 8. The Morgan fingerprint density at radius 1 is 1.09 bits per heavy atom. The van der Waals surface area contributed by atoms with Gasteiger partial charge in [0.05, 0.1) is 7.11 Å². The standard InChI is InChI=1S/C30H43N5O8S/c1-29(2,3)43-28(39)35(27(31)38)24-12-9-7-5-6-8-11-20-19-30(20,32-25(36)23-13-10-18-34(23)26(24)37)44(40,41)33-21-14-16-22(42-4)17-15-21/h8,11,14-17,20,23-24,33H,5-7,9-10,12-13,18-19H2,1-4H3,(H2,31,38)(H,32,36)/b11-8-. The number of imide groups is 1. The minimum atomic E-state index is -4.14. The minimum absolute atomic E-state index is 0.141. The Balaban J connectivity index is 1.64. The number of ether oxygens (including phenoxy) is 2. The third-order valence-corrected chi connectivity index (χ3v) is 10.1. The van der Waals surface area contributed by atoms with Gasteiger partial charge in [0, 0.05) is 18.2 Å². The monoisotopic (exact) mass is 633 g/mol. The highest BCUT2D eigenvalue weighted by Crippen LogP contribution is 2.50. The molecule has 2 aliphatic heterocycles. The third-order valence-electron chi connectivity index (χ3n) is 8.10. The molecule has 1 aromatic rings. The van der Waals surface area contributed by atoms with Gasteiger partial charge >= 0.3 is 12.1 Å². The molecule has 242 valence electrons. The molecular formula is C30H43N5O8S. The summed E-state index contributed by atoms with van der Waals surface area (Å²) in [6, 6.07) is 2.98. The predicted octanol–water partition coefficient (Wildman–Crippen LogP) is 3.47. The van der Waals surface area contributed by atoms with Gasteiger partial charge in [-0.05, 0) is 83.6 Å². The first kappa shape index (κ1) is 33.1. The fourth-order valence-corrected chi connectivity index (χ4v) is 7.52. The summed E-state index contributed by atoms with van der Waals surface area (Å²) in [6.45, 7) is 5.10. The lowest BCUT2D eigenvalue weighted by Gasteiger charge is -2.34. The van der Waals surface area contributed by atoms with Gasteiger partial charge in [0.15, 0.2) is 4.87 Å². The van der Waals surface area contributed by atoms with Crippen LogP contribution < -0.4 is 20.5 Å². The van der Waals surface area contributed by atoms with Crippen LogP contribution in [0.2, 0.25) is 0 Å². The van der Waals surface area contributed by atoms with Crippen molar-refractivity contribution in [1.29, 1.82) is 0 Å². The Hall–Kier alpha value is -3.81. The highest BCUT2D eigenvalue weighted by molar-refractivity contribution is 7.94. The number of hydrogen-bond donors (Lipinski definition) is 3. The number of sulfonamides is 1. The zero-order valence-corrected chi connectivity index (χ0v) is 26.5. The second-order valence-corrected chi connectivity index (χ2v) is 14.4. The van der Waals surface area contributed by atoms with E-state index in [-0.39, 0.29) is 25.8 Å². The van der Waals surface area contributed by atoms with Gasteiger partial charge in [0.25, 0.3) is 10.0 Å². The number of fused-ring (bicyclic) bond motifs is 2. The second-order valence-electron chi connectivity index (χ2n) is 12.5. The van der Waals surface area contributed by atoms with Gasteiger partial charge in [0.2, 0.25) is 11.8 Å². The largest absolute Gasteiger partial charge is 0.497 e. The SMILES string of the molecule is COc1ccc(NS(=O)(=O)C23CC2/C=C\CCCCCC(N(C(N)=O)C(=O)OC(C)(C)C)C(=O)N2CCCC2C(=O)N3)cc1. The summed E-state index contributed by atoms with van der Waals surface area (Å²) < 4.78 is 40.7. The van der Waals surface area contributed by atoms with Crippen molar-refractivity contribution in [2.24, 2.45) is 11.7 Å². The van der Waals surface area contributed by atoms with Crippen LogP contribution in [0.1, 0.15) is 72.1 Å². The number of nitrogens with one attached hydrogen (secondary N) is 2. The van der Waals surface area contributed by atoms with Crippen LogP contribution in [-0.2, 0) is 24.3 Å². The first-order chi connectivity index (χ1) is 20.7. The molecule has 1 saturated carbocycles. The number of rotatable bonds is 5. The van der Waals surface area contributed by atoms with Gasteiger partial charge in [0.1, 0.15) is 23.4 Å². The van der Waals surface area contributed by atoms with Crippen molar-refractivity contribution in [2.45, 2.75) is 94.7 Å². The molecule has 5 amide bonds. The lowest BCUT2D eigenvalue weighted by atomic mass is 10.0. The van der Waals surface area contributed by atoms with Crippen LogP contribution in [0.5, 0.6) is 5.75 Å². The van der Waals surface area contributed by atoms with Crippen molar-refractivity contribution in [1.82, 2.24) is 15.1 Å². The van der Waals surface area contributed by atoms with Crippen LogP contribution in [0.4, 0.5) is 15.3 Å². The first-order valence-corrected chi connectivity index (χ1v) is 16.4. The maximum absolute atomic E-state index is 14.0. The van der Waals surface area contributed by atoms with Gasteiger partial charge < -0.3 is 25.4 Å². The molecule has 1 aliphatic carbocycles. The van der Waals surface area contributed by atoms with E-state index in [2.05, 4.69) is 10.0 Å². The number of urea groups is 1. The van der Waals surface area contributed by atoms with E-state index in [1.165, 1.54) is 12.0 Å². The summed E-state index contributed by atoms with van der Waals surface area (Å²) in [7, 11) is -2.63. The summed E-state index contributed by atoms with van der Waals surface area (Å²) >= 11 is 0. The van der Waals surface area contributed by atoms with Crippen LogP contribution in [-0.4, -0.2) is 78.4 Å². The van der Waals surface area contributed by atoms with E-state index >= 15 is 0 Å². The molecule has 13 nitrogen and oxygen atoms in total. The Kier molecular flexibility index (Phi) is 9.81. The second kappa shape index (κ2) is 13.0. The maximum atomic E-state index is 14.0. The zero-order chi connectivity index (χ0) is 32.3. The number of methoxy groups -OCH3 is 1. The molecule has 0 aromatic heterocycles. The van der Waals surface area contributed by atoms with Crippen molar-refractivity contribution >= 4 is 39.6 Å². The Labute approximate surface area is 258 Å². The van der Waals surface area contributed by atoms with Crippen LogP contribution in [0.25, 0.3) is 0 Å². The number of amides is 5. The topological polar surface area (TPSA) is 177 Å². The Morgan fingerprint density at radius 3 is 2.43 bits per heavy atom. The number of allylic oxidation sites excluding steroid dienone is 1. The van der Waals surface area contributed by atoms with E-state index in [0.29, 0.717) is 42.0 Å². The number of primary amides is 1. The number of nitrogens with zero attached hydrogens (tertiary/aromatic N) is 2. The first-order valence-electron chi connectivity index (χ1n) is 15.0. The predicted molar refractivity (Wildman–Crippen MR) is 163 cm³/mol. The average Bonchev–Trinajstić information content (AvgIpc) is 3.41. The highest BCUT2D eigenvalue weighted by atomic mass is 32.2. The number of benzene rings is 1. The number of carbonyl (C=O) groups is 4. The molecule has 2 heterocycles. The van der Waals surface area contributed by atoms with Gasteiger partial charge in [-0.25, -0.2) is 22.9 Å². The van der Waals surface area contributed by atoms with Crippen LogP contribution in [0.3, 0.4) is 0 Å². The molecule has 0 spiro atoms. The molecule has 1 aromatic carbocycles. The molecule has 0 bridgehead atoms. The molecule has 4 rings (SSSR count). The van der Waals surface area contributed by atoms with Crippen LogP contribution >= 0.6 is 0 Å². The van der Waals surface area contributed by atoms with Crippen LogP contribution in [0.15, 0.2) is 36.4 Å². The van der Waals surface area contributed by atoms with Crippen molar-refractivity contribution < 1.29 is 37.1 Å². The normalized spacial score (nSPS) is 27.0. The highest BCUT2D eigenvalue weighted by Gasteiger charge is 2.64. The van der Waals surface area contributed by atoms with E-state index < -0.39 is 62.4 Å². The quantitative estimate of drug-likeness (QED) is 0.413. The minimum Gasteiger partial charge on any atom is -0.497 e. The van der Waals surface area contributed by atoms with Gasteiger partial charge in [-0.2, -0.15) is 0 Å². The van der Waals surface area contributed by atoms with Gasteiger partial charge in [-0.1, -0.05) is 25.0 Å². The third kappa shape index (κ3) is 7.28. The number of nitrogens with two attached hydrogens (primary N) is 1. The summed E-state index contributed by atoms with van der Waals surface area (Å²) in [5, 5.41) is 2.78. The van der Waals surface area contributed by atoms with Crippen molar-refractivity contribution in [3.63, 3.8) is 0 Å². The van der Waals surface area contributed by atoms with Crippen molar-refractivity contribution in [2.75, 3.05) is 18.4 Å². The Morgan fingerprint density at radius 2 is 1.80 bits per heavy atom. The number of carbonyl (C=O) groups excluding carboxylic acids is 4. The smallest absolute Gasteiger partial charge is 0.419 e. The summed E-state index contributed by atoms with van der Waals surface area (Å²) in [5.41, 5.74) is 4.98. The Bertz CT molecular complexity index is 1390. The summed E-state index contributed by atoms with van der Waals surface area (Å²) in [5.74, 6) is -1.14. The molecule has 4 unspecified atom stereocenters. The zero-order valence-electron chi connectivity index (χ0n) is 25.7. The molecule has 2 fully saturated rings. The van der Waals surface area contributed by atoms with E-state index in [1.54, 1.807) is 45.0 Å². The van der Waals surface area contributed by atoms with E-state index in [0.717, 1.165) is 6.42 Å². The van der Waals surface area contributed by atoms with E-state index in [4.69, 9.17) is 15.2 Å². The molecule has 4 atom stereocenters. The molecule has 4 N–H and O–H groups in total. The number of anilines is 1. The molecule has 14 heteroatoms. The average molecular weight is 634 g/mol. The molecular weight excluding hydrogens is 590 g/mol. The fourth-order valence-electron chi connectivity index (χ4n) is 5.78. The van der Waals surface area contributed by atoms with Crippen molar-refractivity contribution in [3.05, 3.63) is 36.4 Å². The summed E-state index contributed by atoms with van der Waals surface area (Å²) in [4.78, 5) is 53.8. The molecule has 3 aliphatic rings. The molecule has 0 radical (unpaired) electrons. The van der Waals surface area contributed by atoms with Crippen LogP contribution in [0, 0.1) is 5.92 Å². The molecule has 1 saturated heterocycles. The van der Waals surface area contributed by atoms with E-state index in [1.807, 2.05) is 12.2 Å². The lowest BCUT2D eigenvalue weighted by Crippen LogP contribution is -2.59.